The molecule has 0 radical (unpaired) electrons. The second-order valence-corrected chi connectivity index (χ2v) is 4.87. The van der Waals surface area contributed by atoms with Crippen LogP contribution in [0.25, 0.3) is 0 Å². The van der Waals surface area contributed by atoms with Crippen molar-refractivity contribution in [2.75, 3.05) is 23.4 Å². The van der Waals surface area contributed by atoms with Gasteiger partial charge in [-0.2, -0.15) is 13.2 Å². The highest BCUT2D eigenvalue weighted by Crippen LogP contribution is 2.27. The Morgan fingerprint density at radius 1 is 1.19 bits per heavy atom. The molecule has 0 aliphatic heterocycles. The van der Waals surface area contributed by atoms with Gasteiger partial charge >= 0.3 is 6.18 Å². The molecule has 0 saturated carbocycles. The number of aromatic nitrogens is 2. The maximum absolute atomic E-state index is 12.8. The first-order valence-corrected chi connectivity index (χ1v) is 6.98. The summed E-state index contributed by atoms with van der Waals surface area (Å²) in [5.74, 6) is 6.56. The zero-order chi connectivity index (χ0) is 16.0. The van der Waals surface area contributed by atoms with Crippen molar-refractivity contribution in [3.8, 4) is 0 Å². The molecular formula is C13H22F3N5. The quantitative estimate of drug-likeness (QED) is 0.599. The van der Waals surface area contributed by atoms with E-state index in [1.165, 1.54) is 4.90 Å². The fraction of sp³-hybridized carbons (Fsp3) is 0.692. The van der Waals surface area contributed by atoms with E-state index in [2.05, 4.69) is 15.4 Å². The van der Waals surface area contributed by atoms with Crippen LogP contribution in [0.3, 0.4) is 0 Å². The Morgan fingerprint density at radius 2 is 1.86 bits per heavy atom. The van der Waals surface area contributed by atoms with Crippen molar-refractivity contribution >= 4 is 11.6 Å². The number of nitrogens with two attached hydrogens (primary N) is 1. The minimum absolute atomic E-state index is 0.271. The van der Waals surface area contributed by atoms with E-state index in [0.717, 1.165) is 6.42 Å². The predicted octanol–water partition coefficient (Wildman–Crippen LogP) is 2.80. The van der Waals surface area contributed by atoms with E-state index in [0.29, 0.717) is 35.9 Å². The minimum atomic E-state index is -4.28. The Bertz CT molecular complexity index is 462. The normalized spacial score (nSPS) is 11.6. The molecule has 0 aromatic carbocycles. The average Bonchev–Trinajstić information content (AvgIpc) is 2.39. The number of alkyl halides is 3. The molecule has 1 aromatic rings. The summed E-state index contributed by atoms with van der Waals surface area (Å²) in [4.78, 5) is 9.75. The van der Waals surface area contributed by atoms with Gasteiger partial charge in [-0.1, -0.05) is 13.8 Å². The summed E-state index contributed by atoms with van der Waals surface area (Å²) in [5, 5.41) is 0. The molecule has 0 aliphatic rings. The Labute approximate surface area is 122 Å². The van der Waals surface area contributed by atoms with Crippen LogP contribution in [0, 0.1) is 6.92 Å². The van der Waals surface area contributed by atoms with Crippen molar-refractivity contribution in [3.05, 3.63) is 11.4 Å². The zero-order valence-corrected chi connectivity index (χ0v) is 12.6. The number of halogens is 3. The van der Waals surface area contributed by atoms with Crippen molar-refractivity contribution < 1.29 is 13.2 Å². The van der Waals surface area contributed by atoms with E-state index < -0.39 is 12.7 Å². The van der Waals surface area contributed by atoms with E-state index in [9.17, 15) is 13.2 Å². The van der Waals surface area contributed by atoms with Crippen molar-refractivity contribution in [1.29, 1.82) is 0 Å². The van der Waals surface area contributed by atoms with Gasteiger partial charge in [-0.15, -0.1) is 0 Å². The molecule has 3 N–H and O–H groups in total. The van der Waals surface area contributed by atoms with Gasteiger partial charge in [0, 0.05) is 18.5 Å². The smallest absolute Gasteiger partial charge is 0.347 e. The van der Waals surface area contributed by atoms with Crippen LogP contribution in [0.2, 0.25) is 0 Å². The summed E-state index contributed by atoms with van der Waals surface area (Å²) in [5.41, 5.74) is 2.96. The standard InChI is InChI=1S/C13H22F3N5/c1-4-6-10-18-11(20-17)9(3)12(19-10)21(7-5-2)8-13(14,15)16/h4-8,17H2,1-3H3,(H,18,19,20). The van der Waals surface area contributed by atoms with Crippen LogP contribution in [0.4, 0.5) is 24.8 Å². The maximum Gasteiger partial charge on any atom is 0.405 e. The van der Waals surface area contributed by atoms with Gasteiger partial charge in [0.15, 0.2) is 0 Å². The third-order valence-electron chi connectivity index (χ3n) is 2.94. The average molecular weight is 305 g/mol. The van der Waals surface area contributed by atoms with E-state index in [-0.39, 0.29) is 6.54 Å². The van der Waals surface area contributed by atoms with E-state index in [4.69, 9.17) is 5.84 Å². The van der Waals surface area contributed by atoms with Crippen molar-refractivity contribution in [1.82, 2.24) is 9.97 Å². The highest BCUT2D eigenvalue weighted by molar-refractivity contribution is 5.58. The maximum atomic E-state index is 12.8. The highest BCUT2D eigenvalue weighted by atomic mass is 19.4. The Balaban J connectivity index is 3.24. The van der Waals surface area contributed by atoms with Gasteiger partial charge in [-0.25, -0.2) is 15.8 Å². The Kier molecular flexibility index (Phi) is 6.19. The molecular weight excluding hydrogens is 283 g/mol. The number of rotatable bonds is 7. The molecule has 1 aromatic heterocycles. The first-order chi connectivity index (χ1) is 9.82. The number of nitrogens with zero attached hydrogens (tertiary/aromatic N) is 3. The van der Waals surface area contributed by atoms with Gasteiger partial charge in [0.2, 0.25) is 0 Å². The summed E-state index contributed by atoms with van der Waals surface area (Å²) in [7, 11) is 0. The Morgan fingerprint density at radius 3 is 2.33 bits per heavy atom. The lowest BCUT2D eigenvalue weighted by Crippen LogP contribution is -2.36. The van der Waals surface area contributed by atoms with E-state index >= 15 is 0 Å². The lowest BCUT2D eigenvalue weighted by Gasteiger charge is -2.27. The minimum Gasteiger partial charge on any atom is -0.347 e. The van der Waals surface area contributed by atoms with Gasteiger partial charge in [-0.3, -0.25) is 0 Å². The first-order valence-electron chi connectivity index (χ1n) is 6.98. The summed E-state index contributed by atoms with van der Waals surface area (Å²) in [6.07, 6.45) is -2.30. The lowest BCUT2D eigenvalue weighted by molar-refractivity contribution is -0.119. The van der Waals surface area contributed by atoms with Gasteiger partial charge < -0.3 is 10.3 Å². The van der Waals surface area contributed by atoms with Crippen LogP contribution in [-0.2, 0) is 6.42 Å². The lowest BCUT2D eigenvalue weighted by atomic mass is 10.2. The highest BCUT2D eigenvalue weighted by Gasteiger charge is 2.32. The van der Waals surface area contributed by atoms with Gasteiger partial charge in [0.1, 0.15) is 24.0 Å². The second-order valence-electron chi connectivity index (χ2n) is 4.87. The first kappa shape index (κ1) is 17.5. The second kappa shape index (κ2) is 7.44. The summed E-state index contributed by atoms with van der Waals surface area (Å²) >= 11 is 0. The number of hydrogen-bond donors (Lipinski definition) is 2. The number of aryl methyl sites for hydroxylation is 1. The molecule has 0 bridgehead atoms. The molecule has 1 heterocycles. The number of hydrazine groups is 1. The number of anilines is 2. The summed E-state index contributed by atoms with van der Waals surface area (Å²) in [6, 6.07) is 0. The molecule has 8 heteroatoms. The molecule has 0 spiro atoms. The summed E-state index contributed by atoms with van der Waals surface area (Å²) < 4.78 is 38.3. The third kappa shape index (κ3) is 5.04. The number of nitrogens with one attached hydrogen (secondary N) is 1. The SMILES string of the molecule is CCCc1nc(NN)c(C)c(N(CCC)CC(F)(F)F)n1. The third-order valence-corrected chi connectivity index (χ3v) is 2.94. The predicted molar refractivity (Wildman–Crippen MR) is 77.1 cm³/mol. The van der Waals surface area contributed by atoms with E-state index in [1.54, 1.807) is 6.92 Å². The number of nitrogen functional groups attached to an aromatic ring is 1. The molecule has 1 rings (SSSR count). The summed E-state index contributed by atoms with van der Waals surface area (Å²) in [6.45, 7) is 4.69. The largest absolute Gasteiger partial charge is 0.405 e. The molecule has 0 amide bonds. The molecule has 0 unspecified atom stereocenters. The van der Waals surface area contributed by atoms with Crippen LogP contribution in [0.5, 0.6) is 0 Å². The van der Waals surface area contributed by atoms with Gasteiger partial charge in [0.25, 0.3) is 0 Å². The van der Waals surface area contributed by atoms with Crippen LogP contribution in [-0.4, -0.2) is 29.2 Å². The number of hydrogen-bond acceptors (Lipinski definition) is 5. The molecule has 0 atom stereocenters. The van der Waals surface area contributed by atoms with Crippen LogP contribution >= 0.6 is 0 Å². The zero-order valence-electron chi connectivity index (χ0n) is 12.6. The van der Waals surface area contributed by atoms with Gasteiger partial charge in [-0.05, 0) is 19.8 Å². The van der Waals surface area contributed by atoms with Crippen molar-refractivity contribution in [3.63, 3.8) is 0 Å². The van der Waals surface area contributed by atoms with Gasteiger partial charge in [0.05, 0.1) is 0 Å². The van der Waals surface area contributed by atoms with Crippen molar-refractivity contribution in [2.45, 2.75) is 46.2 Å². The van der Waals surface area contributed by atoms with Crippen LogP contribution < -0.4 is 16.2 Å². The van der Waals surface area contributed by atoms with E-state index in [1.807, 2.05) is 13.8 Å². The topological polar surface area (TPSA) is 67.1 Å². The fourth-order valence-electron chi connectivity index (χ4n) is 2.08. The molecule has 120 valence electrons. The molecule has 0 saturated heterocycles. The molecule has 21 heavy (non-hydrogen) atoms. The molecule has 0 aliphatic carbocycles. The molecule has 0 fully saturated rings. The van der Waals surface area contributed by atoms with Crippen molar-refractivity contribution in [2.24, 2.45) is 5.84 Å². The molecule has 5 nitrogen and oxygen atoms in total. The van der Waals surface area contributed by atoms with Crippen LogP contribution in [0.15, 0.2) is 0 Å². The van der Waals surface area contributed by atoms with Crippen LogP contribution in [0.1, 0.15) is 38.1 Å². The monoisotopic (exact) mass is 305 g/mol. The fourth-order valence-corrected chi connectivity index (χ4v) is 2.08. The Hall–Kier alpha value is -1.57.